The monoisotopic (exact) mass is 280 g/mol. The molecule has 0 aliphatic rings. The van der Waals surface area contributed by atoms with Crippen LogP contribution in [0.15, 0.2) is 18.2 Å². The van der Waals surface area contributed by atoms with Gasteiger partial charge in [0, 0.05) is 18.7 Å². The second-order valence-corrected chi connectivity index (χ2v) is 4.79. The minimum Gasteiger partial charge on any atom is -0.496 e. The van der Waals surface area contributed by atoms with Crippen LogP contribution < -0.4 is 15.4 Å². The maximum absolute atomic E-state index is 11.6. The third kappa shape index (κ3) is 4.51. The third-order valence-electron chi connectivity index (χ3n) is 3.11. The molecule has 2 atom stereocenters. The lowest BCUT2D eigenvalue weighted by molar-refractivity contribution is -0.122. The van der Waals surface area contributed by atoms with E-state index >= 15 is 0 Å². The number of amides is 1. The number of carbonyl (C=O) groups excluding carboxylic acids is 1. The molecule has 0 heterocycles. The van der Waals surface area contributed by atoms with Gasteiger partial charge in [-0.15, -0.1) is 0 Å². The van der Waals surface area contributed by atoms with Gasteiger partial charge in [0.05, 0.1) is 19.3 Å². The Morgan fingerprint density at radius 3 is 2.75 bits per heavy atom. The van der Waals surface area contributed by atoms with Crippen molar-refractivity contribution in [3.05, 3.63) is 29.3 Å². The summed E-state index contributed by atoms with van der Waals surface area (Å²) in [6.07, 6.45) is -0.721. The van der Waals surface area contributed by atoms with Crippen molar-refractivity contribution in [2.24, 2.45) is 0 Å². The van der Waals surface area contributed by atoms with Gasteiger partial charge in [0.15, 0.2) is 0 Å². The Hall–Kier alpha value is -1.59. The van der Waals surface area contributed by atoms with Crippen molar-refractivity contribution < 1.29 is 14.6 Å². The fraction of sp³-hybridized carbons (Fsp3) is 0.533. The van der Waals surface area contributed by atoms with Crippen molar-refractivity contribution in [3.63, 3.8) is 0 Å². The molecule has 0 radical (unpaired) electrons. The van der Waals surface area contributed by atoms with Crippen LogP contribution in [-0.2, 0) is 4.79 Å². The number of methoxy groups -OCH3 is 1. The van der Waals surface area contributed by atoms with Crippen LogP contribution in [0.25, 0.3) is 0 Å². The fourth-order valence-electron chi connectivity index (χ4n) is 1.93. The van der Waals surface area contributed by atoms with Gasteiger partial charge in [-0.3, -0.25) is 4.79 Å². The highest BCUT2D eigenvalue weighted by Gasteiger charge is 2.17. The van der Waals surface area contributed by atoms with Crippen LogP contribution in [0.2, 0.25) is 0 Å². The molecule has 0 aliphatic heterocycles. The lowest BCUT2D eigenvalue weighted by atomic mass is 10.0. The second kappa shape index (κ2) is 7.87. The zero-order chi connectivity index (χ0) is 15.1. The molecule has 0 bridgehead atoms. The summed E-state index contributed by atoms with van der Waals surface area (Å²) in [6, 6.07) is 5.31. The molecule has 5 heteroatoms. The maximum Gasteiger partial charge on any atom is 0.236 e. The third-order valence-corrected chi connectivity index (χ3v) is 3.11. The molecule has 112 valence electrons. The first kappa shape index (κ1) is 16.5. The summed E-state index contributed by atoms with van der Waals surface area (Å²) in [5.41, 5.74) is 1.78. The van der Waals surface area contributed by atoms with Crippen molar-refractivity contribution in [2.45, 2.75) is 32.9 Å². The van der Waals surface area contributed by atoms with Crippen LogP contribution in [0.4, 0.5) is 0 Å². The summed E-state index contributed by atoms with van der Waals surface area (Å²) < 4.78 is 5.25. The number of ether oxygens (including phenoxy) is 1. The number of hydrogen-bond acceptors (Lipinski definition) is 4. The van der Waals surface area contributed by atoms with Gasteiger partial charge >= 0.3 is 0 Å². The maximum atomic E-state index is 11.6. The van der Waals surface area contributed by atoms with E-state index < -0.39 is 6.10 Å². The quantitative estimate of drug-likeness (QED) is 0.701. The van der Waals surface area contributed by atoms with Crippen molar-refractivity contribution in [3.8, 4) is 5.75 Å². The van der Waals surface area contributed by atoms with Gasteiger partial charge in [-0.2, -0.15) is 0 Å². The predicted octanol–water partition coefficient (Wildman–Crippen LogP) is 1.15. The summed E-state index contributed by atoms with van der Waals surface area (Å²) in [6.45, 7) is 6.49. The molecule has 0 saturated carbocycles. The first-order chi connectivity index (χ1) is 9.49. The van der Waals surface area contributed by atoms with E-state index in [0.717, 1.165) is 11.1 Å². The lowest BCUT2D eigenvalue weighted by Gasteiger charge is -2.19. The van der Waals surface area contributed by atoms with Crippen LogP contribution in [0, 0.1) is 6.92 Å². The van der Waals surface area contributed by atoms with E-state index in [0.29, 0.717) is 12.3 Å². The predicted molar refractivity (Wildman–Crippen MR) is 78.8 cm³/mol. The van der Waals surface area contributed by atoms with E-state index in [2.05, 4.69) is 10.6 Å². The molecule has 3 N–H and O–H groups in total. The summed E-state index contributed by atoms with van der Waals surface area (Å²) in [5, 5.41) is 16.0. The number of nitrogens with one attached hydrogen (secondary N) is 2. The van der Waals surface area contributed by atoms with Crippen molar-refractivity contribution in [2.75, 3.05) is 20.2 Å². The molecule has 2 unspecified atom stereocenters. The first-order valence-corrected chi connectivity index (χ1v) is 6.83. The van der Waals surface area contributed by atoms with Crippen LogP contribution in [0.1, 0.15) is 31.1 Å². The molecule has 0 aromatic heterocycles. The number of hydrogen-bond donors (Lipinski definition) is 3. The number of aryl methyl sites for hydroxylation is 1. The number of likely N-dealkylation sites (N-methyl/N-ethyl adjacent to an activating group) is 1. The number of aliphatic hydroxyl groups is 1. The van der Waals surface area contributed by atoms with Gasteiger partial charge in [0.1, 0.15) is 5.75 Å². The Bertz CT molecular complexity index is 449. The molecule has 0 fully saturated rings. The molecular weight excluding hydrogens is 256 g/mol. The highest BCUT2D eigenvalue weighted by atomic mass is 16.5. The van der Waals surface area contributed by atoms with Gasteiger partial charge < -0.3 is 20.5 Å². The topological polar surface area (TPSA) is 70.6 Å². The van der Waals surface area contributed by atoms with Crippen molar-refractivity contribution in [1.82, 2.24) is 10.6 Å². The number of carbonyl (C=O) groups is 1. The SMILES string of the molecule is CCNC(=O)C(C)NCC(O)c1cc(C)ccc1OC. The molecule has 0 spiro atoms. The molecular formula is C15H24N2O3. The number of rotatable bonds is 7. The summed E-state index contributed by atoms with van der Waals surface area (Å²) in [7, 11) is 1.58. The van der Waals surface area contributed by atoms with Crippen molar-refractivity contribution in [1.29, 1.82) is 0 Å². The summed E-state index contributed by atoms with van der Waals surface area (Å²) in [4.78, 5) is 11.6. The van der Waals surface area contributed by atoms with Gasteiger partial charge in [0.25, 0.3) is 0 Å². The Kier molecular flexibility index (Phi) is 6.48. The fourth-order valence-corrected chi connectivity index (χ4v) is 1.93. The van der Waals surface area contributed by atoms with E-state index in [1.165, 1.54) is 0 Å². The van der Waals surface area contributed by atoms with E-state index in [-0.39, 0.29) is 18.5 Å². The van der Waals surface area contributed by atoms with Gasteiger partial charge in [0.2, 0.25) is 5.91 Å². The molecule has 1 aromatic rings. The molecule has 1 amide bonds. The Morgan fingerprint density at radius 2 is 2.15 bits per heavy atom. The standard InChI is InChI=1S/C15H24N2O3/c1-5-16-15(19)11(3)17-9-13(18)12-8-10(2)6-7-14(12)20-4/h6-8,11,13,17-18H,5,9H2,1-4H3,(H,16,19). The van der Waals surface area contributed by atoms with E-state index in [1.54, 1.807) is 14.0 Å². The van der Waals surface area contributed by atoms with Crippen LogP contribution in [0.3, 0.4) is 0 Å². The molecule has 1 rings (SSSR count). The summed E-state index contributed by atoms with van der Waals surface area (Å²) in [5.74, 6) is 0.575. The smallest absolute Gasteiger partial charge is 0.236 e. The van der Waals surface area contributed by atoms with Gasteiger partial charge in [-0.25, -0.2) is 0 Å². The van der Waals surface area contributed by atoms with Crippen LogP contribution in [0.5, 0.6) is 5.75 Å². The molecule has 0 saturated heterocycles. The molecule has 20 heavy (non-hydrogen) atoms. The van der Waals surface area contributed by atoms with Gasteiger partial charge in [-0.1, -0.05) is 11.6 Å². The van der Waals surface area contributed by atoms with Crippen LogP contribution in [-0.4, -0.2) is 37.3 Å². The van der Waals surface area contributed by atoms with E-state index in [4.69, 9.17) is 4.74 Å². The zero-order valence-electron chi connectivity index (χ0n) is 12.6. The average molecular weight is 280 g/mol. The molecule has 0 aliphatic carbocycles. The normalized spacial score (nSPS) is 13.7. The second-order valence-electron chi connectivity index (χ2n) is 4.79. The number of benzene rings is 1. The van der Waals surface area contributed by atoms with E-state index in [1.807, 2.05) is 32.0 Å². The van der Waals surface area contributed by atoms with Gasteiger partial charge in [-0.05, 0) is 32.9 Å². The average Bonchev–Trinajstić information content (AvgIpc) is 2.44. The highest BCUT2D eigenvalue weighted by molar-refractivity contribution is 5.81. The lowest BCUT2D eigenvalue weighted by Crippen LogP contribution is -2.43. The summed E-state index contributed by atoms with van der Waals surface area (Å²) >= 11 is 0. The zero-order valence-corrected chi connectivity index (χ0v) is 12.6. The highest BCUT2D eigenvalue weighted by Crippen LogP contribution is 2.25. The molecule has 5 nitrogen and oxygen atoms in total. The minimum atomic E-state index is -0.721. The minimum absolute atomic E-state index is 0.0732. The van der Waals surface area contributed by atoms with Crippen LogP contribution >= 0.6 is 0 Å². The Balaban J connectivity index is 2.65. The van der Waals surface area contributed by atoms with Crippen molar-refractivity contribution >= 4 is 5.91 Å². The van der Waals surface area contributed by atoms with E-state index in [9.17, 15) is 9.90 Å². The Morgan fingerprint density at radius 1 is 1.45 bits per heavy atom. The number of aliphatic hydroxyl groups excluding tert-OH is 1. The first-order valence-electron chi connectivity index (χ1n) is 6.83. The largest absolute Gasteiger partial charge is 0.496 e. The Labute approximate surface area is 120 Å². The molecule has 1 aromatic carbocycles.